The largest absolute Gasteiger partial charge is 0.497 e. The van der Waals surface area contributed by atoms with E-state index in [0.29, 0.717) is 17.0 Å². The molecule has 0 atom stereocenters. The van der Waals surface area contributed by atoms with Crippen LogP contribution in [0.5, 0.6) is 0 Å². The van der Waals surface area contributed by atoms with Crippen molar-refractivity contribution in [1.82, 2.24) is 9.97 Å². The number of benzene rings is 3. The van der Waals surface area contributed by atoms with Crippen LogP contribution in [-0.2, 0) is 9.31 Å². The van der Waals surface area contributed by atoms with E-state index in [1.54, 1.807) is 12.1 Å². The normalized spacial score (nSPS) is 16.6. The van der Waals surface area contributed by atoms with Crippen molar-refractivity contribution in [1.29, 1.82) is 0 Å². The fourth-order valence-electron chi connectivity index (χ4n) is 3.92. The second-order valence-corrected chi connectivity index (χ2v) is 9.52. The van der Waals surface area contributed by atoms with Gasteiger partial charge in [0.15, 0.2) is 5.82 Å². The van der Waals surface area contributed by atoms with Gasteiger partial charge in [-0.3, -0.25) is 0 Å². The summed E-state index contributed by atoms with van der Waals surface area (Å²) in [5.74, 6) is 0.237. The lowest BCUT2D eigenvalue weighted by Gasteiger charge is -2.32. The molecule has 0 amide bonds. The first-order valence-corrected chi connectivity index (χ1v) is 11.4. The molecule has 170 valence electrons. The predicted molar refractivity (Wildman–Crippen MR) is 134 cm³/mol. The van der Waals surface area contributed by atoms with E-state index in [1.165, 1.54) is 6.07 Å². The Hall–Kier alpha value is -3.35. The molecule has 5 rings (SSSR count). The van der Waals surface area contributed by atoms with E-state index < -0.39 is 18.3 Å². The van der Waals surface area contributed by atoms with Crippen molar-refractivity contribution in [3.05, 3.63) is 90.7 Å². The molecule has 2 heterocycles. The highest BCUT2D eigenvalue weighted by Gasteiger charge is 2.52. The Morgan fingerprint density at radius 1 is 0.647 bits per heavy atom. The zero-order chi connectivity index (χ0) is 23.9. The fourth-order valence-corrected chi connectivity index (χ4v) is 3.92. The van der Waals surface area contributed by atoms with E-state index in [-0.39, 0.29) is 5.82 Å². The maximum absolute atomic E-state index is 14.9. The second kappa shape index (κ2) is 8.46. The lowest BCUT2D eigenvalue weighted by atomic mass is 9.77. The van der Waals surface area contributed by atoms with Crippen molar-refractivity contribution < 1.29 is 13.7 Å². The highest BCUT2D eigenvalue weighted by atomic mass is 19.1. The second-order valence-electron chi connectivity index (χ2n) is 9.52. The molecule has 1 saturated heterocycles. The standard InChI is InChI=1S/C28H26BFN2O2/c1-27(2)28(3,4)34-29(33-27)22-17-21(15-16-23(22)30)25-18-24(19-11-7-5-8-12-19)31-26(32-25)20-13-9-6-10-14-20/h5-18H,1-4H3. The van der Waals surface area contributed by atoms with Gasteiger partial charge in [-0.1, -0.05) is 66.7 Å². The van der Waals surface area contributed by atoms with Crippen LogP contribution >= 0.6 is 0 Å². The van der Waals surface area contributed by atoms with Crippen LogP contribution in [0.2, 0.25) is 0 Å². The molecule has 4 nitrogen and oxygen atoms in total. The zero-order valence-corrected chi connectivity index (χ0v) is 19.7. The number of hydrogen-bond acceptors (Lipinski definition) is 4. The summed E-state index contributed by atoms with van der Waals surface area (Å²) in [7, 11) is -0.797. The summed E-state index contributed by atoms with van der Waals surface area (Å²) >= 11 is 0. The molecule has 0 bridgehead atoms. The molecule has 3 aromatic carbocycles. The van der Waals surface area contributed by atoms with Gasteiger partial charge in [0.25, 0.3) is 0 Å². The van der Waals surface area contributed by atoms with Crippen LogP contribution in [0, 0.1) is 5.82 Å². The topological polar surface area (TPSA) is 44.2 Å². The minimum atomic E-state index is -0.797. The summed E-state index contributed by atoms with van der Waals surface area (Å²) in [4.78, 5) is 9.66. The minimum absolute atomic E-state index is 0.359. The van der Waals surface area contributed by atoms with Gasteiger partial charge in [-0.25, -0.2) is 14.4 Å². The van der Waals surface area contributed by atoms with Gasteiger partial charge in [0, 0.05) is 22.2 Å². The minimum Gasteiger partial charge on any atom is -0.399 e. The van der Waals surface area contributed by atoms with Crippen LogP contribution in [0.3, 0.4) is 0 Å². The summed E-state index contributed by atoms with van der Waals surface area (Å²) in [6.07, 6.45) is 0. The summed E-state index contributed by atoms with van der Waals surface area (Å²) in [5.41, 5.74) is 3.40. The van der Waals surface area contributed by atoms with Gasteiger partial charge in [0.05, 0.1) is 22.6 Å². The Morgan fingerprint density at radius 3 is 1.76 bits per heavy atom. The van der Waals surface area contributed by atoms with E-state index in [4.69, 9.17) is 19.3 Å². The van der Waals surface area contributed by atoms with E-state index in [1.807, 2.05) is 94.4 Å². The maximum Gasteiger partial charge on any atom is 0.497 e. The van der Waals surface area contributed by atoms with Crippen molar-refractivity contribution >= 4 is 12.6 Å². The zero-order valence-electron chi connectivity index (χ0n) is 19.7. The van der Waals surface area contributed by atoms with Crippen molar-refractivity contribution in [3.8, 4) is 33.9 Å². The third kappa shape index (κ3) is 4.15. The van der Waals surface area contributed by atoms with Crippen molar-refractivity contribution in [2.45, 2.75) is 38.9 Å². The third-order valence-corrected chi connectivity index (χ3v) is 6.63. The van der Waals surface area contributed by atoms with Crippen LogP contribution in [0.1, 0.15) is 27.7 Å². The molecule has 1 fully saturated rings. The smallest absolute Gasteiger partial charge is 0.399 e. The summed E-state index contributed by atoms with van der Waals surface area (Å²) in [6, 6.07) is 26.7. The molecule has 4 aromatic rings. The van der Waals surface area contributed by atoms with Gasteiger partial charge in [-0.2, -0.15) is 0 Å². The van der Waals surface area contributed by atoms with Crippen LogP contribution < -0.4 is 5.46 Å². The van der Waals surface area contributed by atoms with Gasteiger partial charge in [0.2, 0.25) is 0 Å². The summed E-state index contributed by atoms with van der Waals surface area (Å²) in [6.45, 7) is 7.82. The number of rotatable bonds is 4. The number of halogens is 1. The molecule has 0 saturated carbocycles. The Bertz CT molecular complexity index is 1250. The highest BCUT2D eigenvalue weighted by Crippen LogP contribution is 2.37. The van der Waals surface area contributed by atoms with E-state index in [0.717, 1.165) is 22.4 Å². The van der Waals surface area contributed by atoms with Crippen LogP contribution in [0.25, 0.3) is 33.9 Å². The first-order valence-electron chi connectivity index (χ1n) is 11.4. The molecule has 1 aliphatic heterocycles. The molecule has 6 heteroatoms. The van der Waals surface area contributed by atoms with Crippen LogP contribution in [-0.4, -0.2) is 28.3 Å². The van der Waals surface area contributed by atoms with Gasteiger partial charge in [-0.05, 0) is 45.9 Å². The first-order chi connectivity index (χ1) is 16.2. The van der Waals surface area contributed by atoms with Crippen molar-refractivity contribution in [2.75, 3.05) is 0 Å². The van der Waals surface area contributed by atoms with E-state index in [9.17, 15) is 4.39 Å². The number of nitrogens with zero attached hydrogens (tertiary/aromatic N) is 2. The molecule has 0 unspecified atom stereocenters. The van der Waals surface area contributed by atoms with Crippen molar-refractivity contribution in [3.63, 3.8) is 0 Å². The van der Waals surface area contributed by atoms with Crippen LogP contribution in [0.15, 0.2) is 84.9 Å². The molecule has 1 aliphatic rings. The third-order valence-electron chi connectivity index (χ3n) is 6.63. The van der Waals surface area contributed by atoms with Crippen molar-refractivity contribution in [2.24, 2.45) is 0 Å². The SMILES string of the molecule is CC1(C)OB(c2cc(-c3cc(-c4ccccc4)nc(-c4ccccc4)n3)ccc2F)OC1(C)C. The average molecular weight is 452 g/mol. The predicted octanol–water partition coefficient (Wildman–Crippen LogP) is 5.92. The van der Waals surface area contributed by atoms with Gasteiger partial charge < -0.3 is 9.31 Å². The Balaban J connectivity index is 1.62. The van der Waals surface area contributed by atoms with Gasteiger partial charge in [0.1, 0.15) is 5.82 Å². The lowest BCUT2D eigenvalue weighted by molar-refractivity contribution is 0.00578. The highest BCUT2D eigenvalue weighted by molar-refractivity contribution is 6.62. The molecular formula is C28H26BFN2O2. The quantitative estimate of drug-likeness (QED) is 0.361. The summed E-state index contributed by atoms with van der Waals surface area (Å²) in [5, 5.41) is 0. The Kier molecular flexibility index (Phi) is 5.58. The molecule has 0 spiro atoms. The summed E-state index contributed by atoms with van der Waals surface area (Å²) < 4.78 is 27.2. The Labute approximate surface area is 200 Å². The molecule has 0 aliphatic carbocycles. The van der Waals surface area contributed by atoms with E-state index >= 15 is 0 Å². The van der Waals surface area contributed by atoms with E-state index in [2.05, 4.69) is 0 Å². The molecule has 1 aromatic heterocycles. The number of hydrogen-bond donors (Lipinski definition) is 0. The average Bonchev–Trinajstić information content (AvgIpc) is 3.06. The number of aromatic nitrogens is 2. The molecule has 0 radical (unpaired) electrons. The van der Waals surface area contributed by atoms with Gasteiger partial charge >= 0.3 is 7.12 Å². The molecule has 0 N–H and O–H groups in total. The Morgan fingerprint density at radius 2 is 1.18 bits per heavy atom. The molecule has 34 heavy (non-hydrogen) atoms. The molecular weight excluding hydrogens is 426 g/mol. The first kappa shape index (κ1) is 22.4. The fraction of sp³-hybridized carbons (Fsp3) is 0.214. The van der Waals surface area contributed by atoms with Crippen LogP contribution in [0.4, 0.5) is 4.39 Å². The van der Waals surface area contributed by atoms with Gasteiger partial charge in [-0.15, -0.1) is 0 Å². The monoisotopic (exact) mass is 452 g/mol. The maximum atomic E-state index is 14.9. The lowest BCUT2D eigenvalue weighted by Crippen LogP contribution is -2.41.